The standard InChI is InChI=1S/C29H40FN5O3/c1-19-6-8-21(9-7-19)27-5-3-4-23(38-27)16-31-26-17-32-34-28(20(26)2)29(36)35-13-10-22(11-14-35)33-25-12-15-37-18-24(25)30/h6-9,17,22-25,27,33H,3-5,10-16,18H2,1-2H3,(H,31,34)/t23-,24?,25?,27+/m1/s1. The second kappa shape index (κ2) is 12.5. The zero-order valence-electron chi connectivity index (χ0n) is 22.5. The van der Waals surface area contributed by atoms with Gasteiger partial charge in [-0.3, -0.25) is 4.79 Å². The molecule has 3 saturated heterocycles. The molecule has 2 N–H and O–H groups in total. The number of aryl methyl sites for hydroxylation is 1. The summed E-state index contributed by atoms with van der Waals surface area (Å²) in [6.07, 6.45) is 6.34. The lowest BCUT2D eigenvalue weighted by Crippen LogP contribution is -2.52. The Balaban J connectivity index is 1.13. The van der Waals surface area contributed by atoms with Gasteiger partial charge in [0, 0.05) is 43.9 Å². The van der Waals surface area contributed by atoms with Crippen LogP contribution in [-0.2, 0) is 9.47 Å². The van der Waals surface area contributed by atoms with Crippen molar-refractivity contribution in [3.63, 3.8) is 0 Å². The van der Waals surface area contributed by atoms with Gasteiger partial charge in [0.15, 0.2) is 5.69 Å². The molecule has 3 aliphatic heterocycles. The Morgan fingerprint density at radius 3 is 2.66 bits per heavy atom. The minimum Gasteiger partial charge on any atom is -0.381 e. The van der Waals surface area contributed by atoms with Crippen molar-refractivity contribution < 1.29 is 18.7 Å². The summed E-state index contributed by atoms with van der Waals surface area (Å²) in [6.45, 7) is 6.66. The Labute approximate surface area is 224 Å². The van der Waals surface area contributed by atoms with Gasteiger partial charge in [0.1, 0.15) is 6.17 Å². The van der Waals surface area contributed by atoms with Gasteiger partial charge in [0.25, 0.3) is 5.91 Å². The number of ether oxygens (including phenoxy) is 2. The molecule has 0 radical (unpaired) electrons. The molecule has 206 valence electrons. The lowest BCUT2D eigenvalue weighted by molar-refractivity contribution is -0.0442. The zero-order valence-corrected chi connectivity index (χ0v) is 22.5. The van der Waals surface area contributed by atoms with E-state index in [0.717, 1.165) is 43.4 Å². The molecular formula is C29H40FN5O3. The lowest BCUT2D eigenvalue weighted by atomic mass is 9.97. The van der Waals surface area contributed by atoms with E-state index in [0.29, 0.717) is 38.4 Å². The summed E-state index contributed by atoms with van der Waals surface area (Å²) in [5.74, 6) is -0.0973. The van der Waals surface area contributed by atoms with Gasteiger partial charge in [0.2, 0.25) is 0 Å². The van der Waals surface area contributed by atoms with Gasteiger partial charge in [-0.2, -0.15) is 5.10 Å². The van der Waals surface area contributed by atoms with Crippen LogP contribution in [0.4, 0.5) is 10.1 Å². The van der Waals surface area contributed by atoms with Gasteiger partial charge in [-0.1, -0.05) is 29.8 Å². The Morgan fingerprint density at radius 2 is 1.89 bits per heavy atom. The third kappa shape index (κ3) is 6.50. The minimum atomic E-state index is -0.968. The molecular weight excluding hydrogens is 485 g/mol. The predicted octanol–water partition coefficient (Wildman–Crippen LogP) is 4.14. The van der Waals surface area contributed by atoms with E-state index in [1.807, 2.05) is 11.8 Å². The molecule has 5 rings (SSSR count). The number of benzene rings is 1. The number of amides is 1. The van der Waals surface area contributed by atoms with Crippen LogP contribution in [0, 0.1) is 13.8 Å². The molecule has 2 unspecified atom stereocenters. The highest BCUT2D eigenvalue weighted by Gasteiger charge is 2.31. The molecule has 3 fully saturated rings. The largest absolute Gasteiger partial charge is 0.381 e. The number of rotatable bonds is 7. The molecule has 1 aromatic heterocycles. The first kappa shape index (κ1) is 27.0. The predicted molar refractivity (Wildman–Crippen MR) is 144 cm³/mol. The Kier molecular flexibility index (Phi) is 8.86. The van der Waals surface area contributed by atoms with Crippen molar-refractivity contribution in [2.75, 3.05) is 38.2 Å². The number of nitrogens with one attached hydrogen (secondary N) is 2. The molecule has 3 aliphatic rings. The highest BCUT2D eigenvalue weighted by Crippen LogP contribution is 2.32. The topological polar surface area (TPSA) is 88.6 Å². The van der Waals surface area contributed by atoms with Crippen molar-refractivity contribution in [1.29, 1.82) is 0 Å². The van der Waals surface area contributed by atoms with E-state index in [2.05, 4.69) is 52.0 Å². The van der Waals surface area contributed by atoms with E-state index < -0.39 is 6.17 Å². The first-order valence-corrected chi connectivity index (χ1v) is 14.0. The summed E-state index contributed by atoms with van der Waals surface area (Å²) in [5.41, 5.74) is 4.48. The monoisotopic (exact) mass is 525 g/mol. The van der Waals surface area contributed by atoms with Crippen LogP contribution < -0.4 is 10.6 Å². The number of carbonyl (C=O) groups is 1. The number of hydrogen-bond acceptors (Lipinski definition) is 7. The van der Waals surface area contributed by atoms with Crippen LogP contribution in [0.5, 0.6) is 0 Å². The van der Waals surface area contributed by atoms with Crippen molar-refractivity contribution in [2.24, 2.45) is 0 Å². The van der Waals surface area contributed by atoms with E-state index in [9.17, 15) is 9.18 Å². The van der Waals surface area contributed by atoms with Crippen LogP contribution in [0.3, 0.4) is 0 Å². The zero-order chi connectivity index (χ0) is 26.5. The number of hydrogen-bond donors (Lipinski definition) is 2. The van der Waals surface area contributed by atoms with E-state index >= 15 is 0 Å². The molecule has 9 heteroatoms. The quantitative estimate of drug-likeness (QED) is 0.562. The summed E-state index contributed by atoms with van der Waals surface area (Å²) < 4.78 is 25.7. The molecule has 1 amide bonds. The average molecular weight is 526 g/mol. The summed E-state index contributed by atoms with van der Waals surface area (Å²) in [4.78, 5) is 15.2. The lowest BCUT2D eigenvalue weighted by Gasteiger charge is -2.36. The third-order valence-corrected chi connectivity index (χ3v) is 8.14. The highest BCUT2D eigenvalue weighted by molar-refractivity contribution is 5.94. The van der Waals surface area contributed by atoms with Crippen LogP contribution in [0.25, 0.3) is 0 Å². The summed E-state index contributed by atoms with van der Waals surface area (Å²) in [5, 5.41) is 15.2. The first-order chi connectivity index (χ1) is 18.5. The summed E-state index contributed by atoms with van der Waals surface area (Å²) in [6, 6.07) is 8.64. The molecule has 4 heterocycles. The average Bonchev–Trinajstić information content (AvgIpc) is 2.94. The van der Waals surface area contributed by atoms with Crippen LogP contribution in [0.15, 0.2) is 30.5 Å². The van der Waals surface area contributed by atoms with Crippen LogP contribution in [0.1, 0.15) is 71.8 Å². The van der Waals surface area contributed by atoms with Crippen molar-refractivity contribution in [3.05, 3.63) is 52.8 Å². The maximum atomic E-state index is 14.1. The van der Waals surface area contributed by atoms with Gasteiger partial charge < -0.3 is 25.0 Å². The van der Waals surface area contributed by atoms with Gasteiger partial charge in [-0.05, 0) is 57.9 Å². The van der Waals surface area contributed by atoms with Crippen molar-refractivity contribution in [1.82, 2.24) is 20.4 Å². The maximum Gasteiger partial charge on any atom is 0.274 e. The third-order valence-electron chi connectivity index (χ3n) is 8.14. The Hall–Kier alpha value is -2.62. The molecule has 1 aromatic carbocycles. The maximum absolute atomic E-state index is 14.1. The van der Waals surface area contributed by atoms with E-state index in [1.54, 1.807) is 6.20 Å². The number of alkyl halides is 1. The second-order valence-electron chi connectivity index (χ2n) is 10.9. The number of anilines is 1. The number of halogens is 1. The first-order valence-electron chi connectivity index (χ1n) is 14.0. The second-order valence-corrected chi connectivity index (χ2v) is 10.9. The fraction of sp³-hybridized carbons (Fsp3) is 0.621. The number of nitrogens with zero attached hydrogens (tertiary/aromatic N) is 3. The van der Waals surface area contributed by atoms with E-state index in [1.165, 1.54) is 11.1 Å². The van der Waals surface area contributed by atoms with Crippen molar-refractivity contribution in [3.8, 4) is 0 Å². The van der Waals surface area contributed by atoms with Crippen LogP contribution in [0.2, 0.25) is 0 Å². The summed E-state index contributed by atoms with van der Waals surface area (Å²) >= 11 is 0. The van der Waals surface area contributed by atoms with Gasteiger partial charge in [0.05, 0.1) is 30.7 Å². The number of carbonyl (C=O) groups excluding carboxylic acids is 1. The van der Waals surface area contributed by atoms with E-state index in [-0.39, 0.29) is 36.8 Å². The van der Waals surface area contributed by atoms with Gasteiger partial charge in [-0.15, -0.1) is 5.10 Å². The normalized spacial score (nSPS) is 26.8. The van der Waals surface area contributed by atoms with Gasteiger partial charge in [-0.25, -0.2) is 4.39 Å². The fourth-order valence-electron chi connectivity index (χ4n) is 5.72. The molecule has 0 saturated carbocycles. The molecule has 0 bridgehead atoms. The highest BCUT2D eigenvalue weighted by atomic mass is 19.1. The Morgan fingerprint density at radius 1 is 1.11 bits per heavy atom. The van der Waals surface area contributed by atoms with Crippen molar-refractivity contribution >= 4 is 11.6 Å². The van der Waals surface area contributed by atoms with Crippen LogP contribution in [-0.4, -0.2) is 78.2 Å². The van der Waals surface area contributed by atoms with Crippen LogP contribution >= 0.6 is 0 Å². The molecule has 2 aromatic rings. The number of likely N-dealkylation sites (tertiary alicyclic amines) is 1. The van der Waals surface area contributed by atoms with Crippen molar-refractivity contribution in [2.45, 2.75) is 82.8 Å². The summed E-state index contributed by atoms with van der Waals surface area (Å²) in [7, 11) is 0. The molecule has 4 atom stereocenters. The van der Waals surface area contributed by atoms with Gasteiger partial charge >= 0.3 is 0 Å². The SMILES string of the molecule is Cc1ccc([C@@H]2CCC[C@H](CNc3cnnc(C(=O)N4CCC(NC5CCOCC5F)CC4)c3C)O2)cc1. The van der Waals surface area contributed by atoms with E-state index in [4.69, 9.17) is 9.47 Å². The number of aromatic nitrogens is 2. The molecule has 38 heavy (non-hydrogen) atoms. The molecule has 0 spiro atoms. The fourth-order valence-corrected chi connectivity index (χ4v) is 5.72. The molecule has 0 aliphatic carbocycles. The minimum absolute atomic E-state index is 0.0907. The Bertz CT molecular complexity index is 1080. The number of piperidine rings is 1. The smallest absolute Gasteiger partial charge is 0.274 e. The molecule has 8 nitrogen and oxygen atoms in total.